The minimum atomic E-state index is -1.16. The first-order chi connectivity index (χ1) is 18.8. The fourth-order valence-electron chi connectivity index (χ4n) is 4.03. The number of aromatic nitrogens is 1. The number of carbonyl (C=O) groups excluding carboxylic acids is 3. The van der Waals surface area contributed by atoms with E-state index in [9.17, 15) is 14.4 Å². The van der Waals surface area contributed by atoms with Crippen molar-refractivity contribution < 1.29 is 23.9 Å². The van der Waals surface area contributed by atoms with E-state index in [0.29, 0.717) is 22.7 Å². The predicted octanol–water partition coefficient (Wildman–Crippen LogP) is 3.55. The molecule has 1 atom stereocenters. The van der Waals surface area contributed by atoms with Crippen molar-refractivity contribution in [3.8, 4) is 11.5 Å². The summed E-state index contributed by atoms with van der Waals surface area (Å²) in [6, 6.07) is 21.9. The van der Waals surface area contributed by atoms with Crippen molar-refractivity contribution in [3.05, 3.63) is 101 Å². The number of benzene rings is 3. The number of nitrogens with zero attached hydrogens (tertiary/aromatic N) is 2. The highest BCUT2D eigenvalue weighted by Crippen LogP contribution is 2.36. The van der Waals surface area contributed by atoms with E-state index in [1.807, 2.05) is 30.3 Å². The molecule has 3 amide bonds. The van der Waals surface area contributed by atoms with Gasteiger partial charge in [0, 0.05) is 12.2 Å². The maximum absolute atomic E-state index is 14.1. The normalized spacial score (nSPS) is 11.3. The SMILES string of the molecule is COc1ccc([C@H](C(=O)NCc2ccccc2)N(C(=O)c2snc(C(N)=O)c2N)c2ccccc2)cc1OC. The Morgan fingerprint density at radius 3 is 2.18 bits per heavy atom. The van der Waals surface area contributed by atoms with Crippen LogP contribution in [0.1, 0.15) is 37.3 Å². The Bertz CT molecular complexity index is 1480. The number of para-hydroxylation sites is 1. The van der Waals surface area contributed by atoms with Crippen LogP contribution in [0.25, 0.3) is 0 Å². The Hall–Kier alpha value is -4.90. The second-order valence-corrected chi connectivity index (χ2v) is 9.14. The molecule has 0 radical (unpaired) electrons. The third-order valence-corrected chi connectivity index (χ3v) is 6.80. The standard InChI is InChI=1S/C28H27N5O5S/c1-37-20-14-13-18(15-21(20)38-2)24(27(35)31-16-17-9-5-3-6-10-17)33(19-11-7-4-8-12-19)28(36)25-22(29)23(26(30)34)32-39-25/h3-15,24H,16,29H2,1-2H3,(H2,30,34)(H,31,35)/t24-/m1/s1. The lowest BCUT2D eigenvalue weighted by Gasteiger charge is -2.31. The van der Waals surface area contributed by atoms with Crippen molar-refractivity contribution in [3.63, 3.8) is 0 Å². The summed E-state index contributed by atoms with van der Waals surface area (Å²) in [6.45, 7) is 0.231. The van der Waals surface area contributed by atoms with Crippen LogP contribution < -0.4 is 31.2 Å². The van der Waals surface area contributed by atoms with E-state index in [1.54, 1.807) is 48.5 Å². The minimum absolute atomic E-state index is 0.0195. The van der Waals surface area contributed by atoms with Crippen molar-refractivity contribution in [1.29, 1.82) is 0 Å². The maximum atomic E-state index is 14.1. The summed E-state index contributed by atoms with van der Waals surface area (Å²) < 4.78 is 14.8. The largest absolute Gasteiger partial charge is 0.493 e. The molecule has 4 rings (SSSR count). The fraction of sp³-hybridized carbons (Fsp3) is 0.143. The number of anilines is 2. The van der Waals surface area contributed by atoms with Crippen molar-refractivity contribution in [1.82, 2.24) is 9.69 Å². The number of nitrogens with two attached hydrogens (primary N) is 2. The molecule has 200 valence electrons. The predicted molar refractivity (Wildman–Crippen MR) is 149 cm³/mol. The Kier molecular flexibility index (Phi) is 8.42. The van der Waals surface area contributed by atoms with Gasteiger partial charge in [0.1, 0.15) is 10.9 Å². The van der Waals surface area contributed by atoms with Crippen molar-refractivity contribution in [2.75, 3.05) is 24.9 Å². The number of nitrogen functional groups attached to an aromatic ring is 1. The van der Waals surface area contributed by atoms with E-state index in [-0.39, 0.29) is 22.8 Å². The van der Waals surface area contributed by atoms with Gasteiger partial charge in [0.2, 0.25) is 5.91 Å². The lowest BCUT2D eigenvalue weighted by atomic mass is 10.0. The molecule has 0 fully saturated rings. The zero-order valence-electron chi connectivity index (χ0n) is 21.3. The first kappa shape index (κ1) is 27.1. The van der Waals surface area contributed by atoms with Gasteiger partial charge in [0.25, 0.3) is 11.8 Å². The molecule has 10 nitrogen and oxygen atoms in total. The summed E-state index contributed by atoms with van der Waals surface area (Å²) in [5.74, 6) is -1.10. The zero-order valence-corrected chi connectivity index (χ0v) is 22.1. The van der Waals surface area contributed by atoms with Crippen molar-refractivity contribution in [2.45, 2.75) is 12.6 Å². The molecule has 0 aliphatic rings. The van der Waals surface area contributed by atoms with Crippen LogP contribution in [0, 0.1) is 0 Å². The van der Waals surface area contributed by atoms with Crippen LogP contribution in [0.15, 0.2) is 78.9 Å². The molecule has 11 heteroatoms. The second kappa shape index (κ2) is 12.1. The Morgan fingerprint density at radius 1 is 0.949 bits per heavy atom. The molecule has 0 saturated carbocycles. The first-order valence-corrected chi connectivity index (χ1v) is 12.6. The molecule has 4 aromatic rings. The summed E-state index contributed by atoms with van der Waals surface area (Å²) in [5.41, 5.74) is 12.9. The van der Waals surface area contributed by atoms with Crippen molar-refractivity contribution in [2.24, 2.45) is 5.73 Å². The quantitative estimate of drug-likeness (QED) is 0.276. The van der Waals surface area contributed by atoms with Gasteiger partial charge < -0.3 is 26.3 Å². The van der Waals surface area contributed by atoms with Crippen LogP contribution in [0.2, 0.25) is 0 Å². The first-order valence-electron chi connectivity index (χ1n) is 11.8. The van der Waals surface area contributed by atoms with Gasteiger partial charge in [0.15, 0.2) is 17.2 Å². The number of hydrogen-bond acceptors (Lipinski definition) is 8. The molecule has 39 heavy (non-hydrogen) atoms. The van der Waals surface area contributed by atoms with Crippen LogP contribution in [0.5, 0.6) is 11.5 Å². The third kappa shape index (κ3) is 5.83. The van der Waals surface area contributed by atoms with Gasteiger partial charge in [-0.3, -0.25) is 19.3 Å². The number of ether oxygens (including phenoxy) is 2. The highest BCUT2D eigenvalue weighted by Gasteiger charge is 2.36. The van der Waals surface area contributed by atoms with Crippen LogP contribution in [0.3, 0.4) is 0 Å². The average Bonchev–Trinajstić information content (AvgIpc) is 3.36. The van der Waals surface area contributed by atoms with Crippen LogP contribution >= 0.6 is 11.5 Å². The molecular formula is C28H27N5O5S. The number of amides is 3. The Morgan fingerprint density at radius 2 is 1.59 bits per heavy atom. The highest BCUT2D eigenvalue weighted by molar-refractivity contribution is 7.09. The zero-order chi connectivity index (χ0) is 27.9. The molecule has 0 aliphatic carbocycles. The fourth-order valence-corrected chi connectivity index (χ4v) is 4.78. The Labute approximate surface area is 229 Å². The van der Waals surface area contributed by atoms with E-state index < -0.39 is 23.8 Å². The summed E-state index contributed by atoms with van der Waals surface area (Å²) in [5, 5.41) is 2.94. The van der Waals surface area contributed by atoms with Crippen LogP contribution in [-0.2, 0) is 11.3 Å². The number of nitrogens with one attached hydrogen (secondary N) is 1. The number of primary amides is 1. The molecule has 0 aliphatic heterocycles. The summed E-state index contributed by atoms with van der Waals surface area (Å²) >= 11 is 0.740. The minimum Gasteiger partial charge on any atom is -0.493 e. The van der Waals surface area contributed by atoms with E-state index in [1.165, 1.54) is 19.1 Å². The lowest BCUT2D eigenvalue weighted by Crippen LogP contribution is -2.44. The van der Waals surface area contributed by atoms with Gasteiger partial charge >= 0.3 is 0 Å². The van der Waals surface area contributed by atoms with E-state index in [0.717, 1.165) is 17.1 Å². The van der Waals surface area contributed by atoms with Gasteiger partial charge in [0.05, 0.1) is 19.9 Å². The highest BCUT2D eigenvalue weighted by atomic mass is 32.1. The summed E-state index contributed by atoms with van der Waals surface area (Å²) in [6.07, 6.45) is 0. The van der Waals surface area contributed by atoms with Gasteiger partial charge in [-0.2, -0.15) is 4.37 Å². The van der Waals surface area contributed by atoms with Crippen LogP contribution in [0.4, 0.5) is 11.4 Å². The number of hydrogen-bond donors (Lipinski definition) is 3. The molecular weight excluding hydrogens is 518 g/mol. The van der Waals surface area contributed by atoms with E-state index in [2.05, 4.69) is 9.69 Å². The van der Waals surface area contributed by atoms with Crippen molar-refractivity contribution >= 4 is 40.6 Å². The number of rotatable bonds is 10. The number of methoxy groups -OCH3 is 2. The molecule has 0 unspecified atom stereocenters. The molecule has 0 bridgehead atoms. The van der Waals surface area contributed by atoms with E-state index >= 15 is 0 Å². The molecule has 3 aromatic carbocycles. The maximum Gasteiger partial charge on any atom is 0.273 e. The monoisotopic (exact) mass is 545 g/mol. The van der Waals surface area contributed by atoms with E-state index in [4.69, 9.17) is 20.9 Å². The smallest absolute Gasteiger partial charge is 0.273 e. The van der Waals surface area contributed by atoms with Gasteiger partial charge in [-0.25, -0.2) is 0 Å². The summed E-state index contributed by atoms with van der Waals surface area (Å²) in [4.78, 5) is 41.1. The van der Waals surface area contributed by atoms with Gasteiger partial charge in [-0.1, -0.05) is 54.6 Å². The third-order valence-electron chi connectivity index (χ3n) is 5.95. The average molecular weight is 546 g/mol. The molecule has 0 spiro atoms. The number of carbonyl (C=O) groups is 3. The lowest BCUT2D eigenvalue weighted by molar-refractivity contribution is -0.122. The van der Waals surface area contributed by atoms with Crippen LogP contribution in [-0.4, -0.2) is 36.3 Å². The molecule has 1 heterocycles. The molecule has 1 aromatic heterocycles. The molecule has 0 saturated heterocycles. The van der Waals surface area contributed by atoms with Gasteiger partial charge in [-0.05, 0) is 46.9 Å². The topological polar surface area (TPSA) is 150 Å². The molecule has 5 N–H and O–H groups in total. The Balaban J connectivity index is 1.85. The second-order valence-electron chi connectivity index (χ2n) is 8.37. The summed E-state index contributed by atoms with van der Waals surface area (Å²) in [7, 11) is 2.99. The van der Waals surface area contributed by atoms with Gasteiger partial charge in [-0.15, -0.1) is 0 Å².